The van der Waals surface area contributed by atoms with Gasteiger partial charge in [-0.15, -0.1) is 0 Å². The van der Waals surface area contributed by atoms with Crippen LogP contribution in [0.15, 0.2) is 77.6 Å². The van der Waals surface area contributed by atoms with Gasteiger partial charge in [0.25, 0.3) is 5.56 Å². The van der Waals surface area contributed by atoms with Crippen molar-refractivity contribution in [1.29, 1.82) is 0 Å². The molecule has 3 aromatic carbocycles. The highest BCUT2D eigenvalue weighted by atomic mass is 35.5. The van der Waals surface area contributed by atoms with Gasteiger partial charge in [-0.05, 0) is 61.2 Å². The molecule has 0 saturated carbocycles. The van der Waals surface area contributed by atoms with Gasteiger partial charge in [0.1, 0.15) is 11.5 Å². The summed E-state index contributed by atoms with van der Waals surface area (Å²) in [5, 5.41) is 8.98. The summed E-state index contributed by atoms with van der Waals surface area (Å²) in [7, 11) is 4.11. The van der Waals surface area contributed by atoms with Crippen molar-refractivity contribution in [2.24, 2.45) is 5.92 Å². The van der Waals surface area contributed by atoms with E-state index in [2.05, 4.69) is 93.7 Å². The lowest BCUT2D eigenvalue weighted by Crippen LogP contribution is -2.56. The lowest BCUT2D eigenvalue weighted by molar-refractivity contribution is 0.194. The molecule has 0 spiro atoms. The van der Waals surface area contributed by atoms with Crippen LogP contribution in [0.3, 0.4) is 0 Å². The summed E-state index contributed by atoms with van der Waals surface area (Å²) in [6.45, 7) is 10.0. The molecule has 4 aromatic rings. The van der Waals surface area contributed by atoms with Crippen LogP contribution in [-0.4, -0.2) is 35.7 Å². The molecule has 1 saturated heterocycles. The van der Waals surface area contributed by atoms with E-state index < -0.39 is 5.66 Å². The van der Waals surface area contributed by atoms with Gasteiger partial charge in [-0.2, -0.15) is 0 Å². The van der Waals surface area contributed by atoms with Crippen molar-refractivity contribution in [2.45, 2.75) is 51.4 Å². The summed E-state index contributed by atoms with van der Waals surface area (Å²) < 4.78 is 1.86. The van der Waals surface area contributed by atoms with Gasteiger partial charge in [-0.3, -0.25) is 20.0 Å². The standard InChI is InChI=1S/C32H38ClN5O/c1-21(2)28(32(34-20-31(3,4)36-32)23-13-10-14-25(17-23)37(5)6)29-35-27-18-24(33)15-16-26(27)30(39)38(29)19-22-11-8-7-9-12-22/h7-18,21,28,34,36H,19-20H2,1-6H3. The third-order valence-electron chi connectivity index (χ3n) is 7.70. The summed E-state index contributed by atoms with van der Waals surface area (Å²) in [5.41, 5.74) is 3.00. The van der Waals surface area contributed by atoms with Crippen LogP contribution in [0, 0.1) is 5.92 Å². The zero-order valence-electron chi connectivity index (χ0n) is 23.6. The fourth-order valence-corrected chi connectivity index (χ4v) is 6.08. The maximum atomic E-state index is 14.2. The Labute approximate surface area is 236 Å². The number of aromatic nitrogens is 2. The third-order valence-corrected chi connectivity index (χ3v) is 7.94. The fourth-order valence-electron chi connectivity index (χ4n) is 5.91. The summed E-state index contributed by atoms with van der Waals surface area (Å²) in [5.74, 6) is 0.686. The van der Waals surface area contributed by atoms with Gasteiger partial charge < -0.3 is 4.90 Å². The highest BCUT2D eigenvalue weighted by Gasteiger charge is 2.52. The van der Waals surface area contributed by atoms with E-state index in [9.17, 15) is 4.79 Å². The molecule has 1 aromatic heterocycles. The molecule has 7 heteroatoms. The van der Waals surface area contributed by atoms with Crippen molar-refractivity contribution in [3.05, 3.63) is 105 Å². The minimum atomic E-state index is -0.659. The SMILES string of the molecule is CC(C)C(c1nc2cc(Cl)ccc2c(=O)n1Cc1ccccc1)C1(c2cccc(N(C)C)c2)NCC(C)(C)N1. The Bertz CT molecular complexity index is 1550. The Hall–Kier alpha value is -3.19. The summed E-state index contributed by atoms with van der Waals surface area (Å²) in [6, 6.07) is 24.1. The Balaban J connectivity index is 1.81. The minimum Gasteiger partial charge on any atom is -0.378 e. The zero-order valence-corrected chi connectivity index (χ0v) is 24.4. The first-order valence-corrected chi connectivity index (χ1v) is 13.9. The second-order valence-electron chi connectivity index (χ2n) is 11.8. The largest absolute Gasteiger partial charge is 0.378 e. The minimum absolute atomic E-state index is 0.0596. The fraction of sp³-hybridized carbons (Fsp3) is 0.375. The van der Waals surface area contributed by atoms with Gasteiger partial charge in [0.15, 0.2) is 0 Å². The monoisotopic (exact) mass is 543 g/mol. The van der Waals surface area contributed by atoms with E-state index in [0.717, 1.165) is 29.2 Å². The van der Waals surface area contributed by atoms with Gasteiger partial charge in [0.05, 0.1) is 23.4 Å². The van der Waals surface area contributed by atoms with Crippen molar-refractivity contribution in [3.63, 3.8) is 0 Å². The number of fused-ring (bicyclic) bond motifs is 1. The molecule has 204 valence electrons. The highest BCUT2D eigenvalue weighted by Crippen LogP contribution is 2.44. The van der Waals surface area contributed by atoms with Crippen LogP contribution in [-0.2, 0) is 12.2 Å². The van der Waals surface area contributed by atoms with E-state index >= 15 is 0 Å². The van der Waals surface area contributed by atoms with Crippen LogP contribution in [0.4, 0.5) is 5.69 Å². The summed E-state index contributed by atoms with van der Waals surface area (Å²) in [4.78, 5) is 21.5. The lowest BCUT2D eigenvalue weighted by atomic mass is 9.77. The second-order valence-corrected chi connectivity index (χ2v) is 12.3. The number of halogens is 1. The number of hydrogen-bond donors (Lipinski definition) is 2. The first kappa shape index (κ1) is 27.4. The third kappa shape index (κ3) is 5.21. The zero-order chi connectivity index (χ0) is 27.9. The summed E-state index contributed by atoms with van der Waals surface area (Å²) >= 11 is 6.39. The van der Waals surface area contributed by atoms with E-state index in [4.69, 9.17) is 16.6 Å². The van der Waals surface area contributed by atoms with Crippen molar-refractivity contribution in [3.8, 4) is 0 Å². The molecular formula is C32H38ClN5O. The molecule has 2 N–H and O–H groups in total. The van der Waals surface area contributed by atoms with Crippen LogP contribution in [0.1, 0.15) is 50.6 Å². The molecule has 2 atom stereocenters. The second kappa shape index (κ2) is 10.4. The molecule has 1 aliphatic rings. The van der Waals surface area contributed by atoms with Crippen molar-refractivity contribution < 1.29 is 0 Å². The van der Waals surface area contributed by atoms with E-state index in [0.29, 0.717) is 22.5 Å². The molecule has 1 aliphatic heterocycles. The average Bonchev–Trinajstić information content (AvgIpc) is 3.22. The van der Waals surface area contributed by atoms with E-state index in [1.165, 1.54) is 0 Å². The van der Waals surface area contributed by atoms with Crippen molar-refractivity contribution in [2.75, 3.05) is 25.5 Å². The Morgan fingerprint density at radius 1 is 1.03 bits per heavy atom. The summed E-state index contributed by atoms with van der Waals surface area (Å²) in [6.07, 6.45) is 0. The Morgan fingerprint density at radius 2 is 1.77 bits per heavy atom. The first-order valence-electron chi connectivity index (χ1n) is 13.6. The predicted molar refractivity (Wildman–Crippen MR) is 162 cm³/mol. The lowest BCUT2D eigenvalue weighted by Gasteiger charge is -2.42. The number of rotatable bonds is 7. The van der Waals surface area contributed by atoms with Gasteiger partial charge in [0, 0.05) is 36.9 Å². The van der Waals surface area contributed by atoms with Gasteiger partial charge >= 0.3 is 0 Å². The van der Waals surface area contributed by atoms with Crippen LogP contribution in [0.25, 0.3) is 10.9 Å². The highest BCUT2D eigenvalue weighted by molar-refractivity contribution is 6.31. The Kier molecular flexibility index (Phi) is 7.31. The number of hydrogen-bond acceptors (Lipinski definition) is 5. The number of anilines is 1. The van der Waals surface area contributed by atoms with E-state index in [-0.39, 0.29) is 22.9 Å². The van der Waals surface area contributed by atoms with Crippen molar-refractivity contribution in [1.82, 2.24) is 20.2 Å². The molecule has 1 fully saturated rings. The van der Waals surface area contributed by atoms with Crippen LogP contribution < -0.4 is 21.1 Å². The molecule has 5 rings (SSSR count). The van der Waals surface area contributed by atoms with E-state index in [1.54, 1.807) is 18.2 Å². The molecule has 0 bridgehead atoms. The smallest absolute Gasteiger partial charge is 0.261 e. The number of nitrogens with zero attached hydrogens (tertiary/aromatic N) is 3. The van der Waals surface area contributed by atoms with Crippen LogP contribution >= 0.6 is 11.6 Å². The number of nitrogens with one attached hydrogen (secondary N) is 2. The predicted octanol–water partition coefficient (Wildman–Crippen LogP) is 5.73. The normalized spacial score (nSPS) is 19.5. The molecule has 39 heavy (non-hydrogen) atoms. The quantitative estimate of drug-likeness (QED) is 0.312. The molecule has 0 aliphatic carbocycles. The van der Waals surface area contributed by atoms with Gasteiger partial charge in [-0.1, -0.05) is 67.9 Å². The molecular weight excluding hydrogens is 506 g/mol. The molecule has 2 unspecified atom stereocenters. The molecule has 6 nitrogen and oxygen atoms in total. The maximum absolute atomic E-state index is 14.2. The Morgan fingerprint density at radius 3 is 2.41 bits per heavy atom. The maximum Gasteiger partial charge on any atom is 0.261 e. The topological polar surface area (TPSA) is 62.2 Å². The van der Waals surface area contributed by atoms with Gasteiger partial charge in [0.2, 0.25) is 0 Å². The van der Waals surface area contributed by atoms with Crippen molar-refractivity contribution >= 4 is 28.2 Å². The van der Waals surface area contributed by atoms with Gasteiger partial charge in [-0.25, -0.2) is 4.98 Å². The first-order chi connectivity index (χ1) is 18.5. The molecule has 0 amide bonds. The van der Waals surface area contributed by atoms with E-state index in [1.807, 2.05) is 22.8 Å². The van der Waals surface area contributed by atoms with Crippen LogP contribution in [0.2, 0.25) is 5.02 Å². The molecule has 2 heterocycles. The average molecular weight is 544 g/mol. The molecule has 0 radical (unpaired) electrons. The van der Waals surface area contributed by atoms with Crippen LogP contribution in [0.5, 0.6) is 0 Å². The number of benzene rings is 3.